The fourth-order valence-corrected chi connectivity index (χ4v) is 7.44. The third-order valence-electron chi connectivity index (χ3n) is 10.00. The molecule has 35 heavy (non-hydrogen) atoms. The number of rotatable bonds is 7. The first-order chi connectivity index (χ1) is 16.9. The second-order valence-corrected chi connectivity index (χ2v) is 12.3. The molecular formula is C33H44O2. The summed E-state index contributed by atoms with van der Waals surface area (Å²) in [7, 11) is 0. The van der Waals surface area contributed by atoms with Gasteiger partial charge in [0.1, 0.15) is 5.75 Å². The lowest BCUT2D eigenvalue weighted by Crippen LogP contribution is -2.46. The molecule has 0 saturated heterocycles. The second kappa shape index (κ2) is 10.1. The zero-order valence-corrected chi connectivity index (χ0v) is 22.2. The Kier molecular flexibility index (Phi) is 7.11. The molecule has 0 heterocycles. The summed E-state index contributed by atoms with van der Waals surface area (Å²) in [6.07, 6.45) is 14.5. The SMILES string of the molecule is CCCC1CCC(C(=O)Oc2ccc(C34CCC(c5ccc(C(C)C)cc5)(CC3)CC4)cc2)CC1. The maximum absolute atomic E-state index is 12.8. The van der Waals surface area contributed by atoms with E-state index in [-0.39, 0.29) is 11.9 Å². The molecule has 2 bridgehead atoms. The molecule has 0 aromatic heterocycles. The highest BCUT2D eigenvalue weighted by atomic mass is 16.5. The van der Waals surface area contributed by atoms with E-state index in [1.54, 1.807) is 5.56 Å². The highest BCUT2D eigenvalue weighted by Gasteiger charge is 2.49. The van der Waals surface area contributed by atoms with Gasteiger partial charge in [0.05, 0.1) is 5.92 Å². The molecule has 2 heteroatoms. The molecule has 0 unspecified atom stereocenters. The van der Waals surface area contributed by atoms with E-state index in [2.05, 4.69) is 57.2 Å². The van der Waals surface area contributed by atoms with Crippen molar-refractivity contribution in [3.63, 3.8) is 0 Å². The standard InChI is InChI=1S/C33H44O2/c1-4-5-25-6-8-27(9-7-25)31(34)35-30-16-14-29(15-17-30)33-21-18-32(19-22-33,20-23-33)28-12-10-26(11-13-28)24(2)3/h10-17,24-25,27H,4-9,18-23H2,1-3H3. The van der Waals surface area contributed by atoms with Crippen LogP contribution >= 0.6 is 0 Å². The van der Waals surface area contributed by atoms with Crippen LogP contribution in [0.1, 0.15) is 120 Å². The van der Waals surface area contributed by atoms with Crippen LogP contribution in [0.25, 0.3) is 0 Å². The first-order valence-corrected chi connectivity index (χ1v) is 14.4. The minimum absolute atomic E-state index is 0.0190. The molecule has 4 saturated carbocycles. The Labute approximate surface area is 212 Å². The summed E-state index contributed by atoms with van der Waals surface area (Å²) in [4.78, 5) is 12.8. The normalized spacial score (nSPS) is 30.4. The van der Waals surface area contributed by atoms with E-state index in [1.807, 2.05) is 12.1 Å². The Morgan fingerprint density at radius 3 is 1.74 bits per heavy atom. The Balaban J connectivity index is 1.19. The number of benzene rings is 2. The highest BCUT2D eigenvalue weighted by Crippen LogP contribution is 2.58. The third-order valence-corrected chi connectivity index (χ3v) is 10.00. The van der Waals surface area contributed by atoms with Crippen molar-refractivity contribution in [2.24, 2.45) is 11.8 Å². The van der Waals surface area contributed by atoms with Crippen molar-refractivity contribution in [3.05, 3.63) is 65.2 Å². The molecule has 2 aromatic rings. The minimum Gasteiger partial charge on any atom is -0.426 e. The van der Waals surface area contributed by atoms with Crippen LogP contribution in [-0.2, 0) is 15.6 Å². The molecule has 2 aromatic carbocycles. The zero-order chi connectivity index (χ0) is 24.5. The molecular weight excluding hydrogens is 428 g/mol. The lowest BCUT2D eigenvalue weighted by Gasteiger charge is -2.54. The van der Waals surface area contributed by atoms with Crippen molar-refractivity contribution < 1.29 is 9.53 Å². The molecule has 0 amide bonds. The van der Waals surface area contributed by atoms with Crippen LogP contribution in [0.4, 0.5) is 0 Å². The van der Waals surface area contributed by atoms with E-state index in [0.717, 1.165) is 24.5 Å². The van der Waals surface area contributed by atoms with Crippen LogP contribution in [0.5, 0.6) is 5.75 Å². The second-order valence-electron chi connectivity index (χ2n) is 12.3. The molecule has 0 radical (unpaired) electrons. The van der Waals surface area contributed by atoms with Crippen molar-refractivity contribution in [2.75, 3.05) is 0 Å². The van der Waals surface area contributed by atoms with Gasteiger partial charge in [0.25, 0.3) is 0 Å². The Morgan fingerprint density at radius 2 is 1.29 bits per heavy atom. The number of esters is 1. The van der Waals surface area contributed by atoms with Crippen LogP contribution < -0.4 is 4.74 Å². The van der Waals surface area contributed by atoms with Crippen LogP contribution in [0.3, 0.4) is 0 Å². The van der Waals surface area contributed by atoms with Crippen molar-refractivity contribution in [2.45, 2.75) is 115 Å². The fourth-order valence-electron chi connectivity index (χ4n) is 7.44. The van der Waals surface area contributed by atoms with Crippen molar-refractivity contribution in [1.29, 1.82) is 0 Å². The monoisotopic (exact) mass is 472 g/mol. The molecule has 4 fully saturated rings. The number of hydrogen-bond acceptors (Lipinski definition) is 2. The largest absolute Gasteiger partial charge is 0.426 e. The molecule has 0 spiro atoms. The van der Waals surface area contributed by atoms with Crippen molar-refractivity contribution >= 4 is 5.97 Å². The van der Waals surface area contributed by atoms with Crippen molar-refractivity contribution in [3.8, 4) is 5.75 Å². The van der Waals surface area contributed by atoms with Gasteiger partial charge in [-0.3, -0.25) is 4.79 Å². The van der Waals surface area contributed by atoms with Gasteiger partial charge in [-0.2, -0.15) is 0 Å². The van der Waals surface area contributed by atoms with Gasteiger partial charge in [-0.15, -0.1) is 0 Å². The first kappa shape index (κ1) is 24.6. The maximum atomic E-state index is 12.8. The lowest BCUT2D eigenvalue weighted by molar-refractivity contribution is -0.140. The summed E-state index contributed by atoms with van der Waals surface area (Å²) in [6.45, 7) is 6.80. The van der Waals surface area contributed by atoms with Crippen LogP contribution in [0, 0.1) is 11.8 Å². The summed E-state index contributed by atoms with van der Waals surface area (Å²) in [5.74, 6) is 2.19. The molecule has 4 aliphatic rings. The van der Waals surface area contributed by atoms with Crippen LogP contribution in [0.15, 0.2) is 48.5 Å². The van der Waals surface area contributed by atoms with Gasteiger partial charge in [-0.25, -0.2) is 0 Å². The van der Waals surface area contributed by atoms with Gasteiger partial charge in [0.15, 0.2) is 0 Å². The van der Waals surface area contributed by atoms with E-state index < -0.39 is 0 Å². The molecule has 0 aliphatic heterocycles. The molecule has 2 nitrogen and oxygen atoms in total. The van der Waals surface area contributed by atoms with E-state index in [0.29, 0.717) is 16.7 Å². The number of fused-ring (bicyclic) bond motifs is 3. The van der Waals surface area contributed by atoms with Gasteiger partial charge in [-0.05, 0) is 116 Å². The summed E-state index contributed by atoms with van der Waals surface area (Å²) < 4.78 is 5.83. The average molecular weight is 473 g/mol. The smallest absolute Gasteiger partial charge is 0.314 e. The fraction of sp³-hybridized carbons (Fsp3) is 0.606. The quantitative estimate of drug-likeness (QED) is 0.297. The molecule has 6 rings (SSSR count). The Hall–Kier alpha value is -2.09. The predicted octanol–water partition coefficient (Wildman–Crippen LogP) is 8.87. The summed E-state index contributed by atoms with van der Waals surface area (Å²) in [5.41, 5.74) is 5.13. The van der Waals surface area contributed by atoms with Crippen LogP contribution in [-0.4, -0.2) is 5.97 Å². The molecule has 188 valence electrons. The molecule has 0 atom stereocenters. The Morgan fingerprint density at radius 1 is 0.800 bits per heavy atom. The lowest BCUT2D eigenvalue weighted by atomic mass is 9.50. The summed E-state index contributed by atoms with van der Waals surface area (Å²) in [5, 5.41) is 0. The first-order valence-electron chi connectivity index (χ1n) is 14.4. The summed E-state index contributed by atoms with van der Waals surface area (Å²) in [6, 6.07) is 18.1. The van der Waals surface area contributed by atoms with E-state index in [1.165, 1.54) is 75.3 Å². The minimum atomic E-state index is -0.0190. The van der Waals surface area contributed by atoms with Crippen LogP contribution in [0.2, 0.25) is 0 Å². The maximum Gasteiger partial charge on any atom is 0.314 e. The van der Waals surface area contributed by atoms with Gasteiger partial charge in [-0.1, -0.05) is 70.0 Å². The summed E-state index contributed by atoms with van der Waals surface area (Å²) >= 11 is 0. The van der Waals surface area contributed by atoms with Gasteiger partial charge in [0.2, 0.25) is 0 Å². The average Bonchev–Trinajstić information content (AvgIpc) is 2.91. The predicted molar refractivity (Wildman–Crippen MR) is 144 cm³/mol. The van der Waals surface area contributed by atoms with Gasteiger partial charge >= 0.3 is 5.97 Å². The molecule has 0 N–H and O–H groups in total. The number of ether oxygens (including phenoxy) is 1. The Bertz CT molecular complexity index is 968. The number of carbonyl (C=O) groups excluding carboxylic acids is 1. The zero-order valence-electron chi connectivity index (χ0n) is 22.2. The van der Waals surface area contributed by atoms with E-state index in [9.17, 15) is 4.79 Å². The topological polar surface area (TPSA) is 26.3 Å². The van der Waals surface area contributed by atoms with E-state index in [4.69, 9.17) is 4.74 Å². The van der Waals surface area contributed by atoms with Crippen molar-refractivity contribution in [1.82, 2.24) is 0 Å². The number of carbonyl (C=O) groups is 1. The number of hydrogen-bond donors (Lipinski definition) is 0. The van der Waals surface area contributed by atoms with E-state index >= 15 is 0 Å². The van der Waals surface area contributed by atoms with Gasteiger partial charge < -0.3 is 4.74 Å². The molecule has 4 aliphatic carbocycles. The van der Waals surface area contributed by atoms with Gasteiger partial charge in [0, 0.05) is 0 Å². The third kappa shape index (κ3) is 4.95. The highest BCUT2D eigenvalue weighted by molar-refractivity contribution is 5.75.